The third-order valence-corrected chi connectivity index (χ3v) is 3.51. The van der Waals surface area contributed by atoms with Gasteiger partial charge in [0.1, 0.15) is 6.42 Å². The molecule has 0 aromatic carbocycles. The molecule has 0 spiro atoms. The van der Waals surface area contributed by atoms with Crippen molar-refractivity contribution in [1.82, 2.24) is 15.2 Å². The fraction of sp³-hybridized carbons (Fsp3) is 0.533. The Morgan fingerprint density at radius 2 is 2.30 bits per heavy atom. The zero-order valence-electron chi connectivity index (χ0n) is 11.8. The fourth-order valence-corrected chi connectivity index (χ4v) is 2.42. The standard InChI is InChI=1S/C15H21N3O2/c1-12-5-4-8-18(11-12)15(20)9-14(19)17-10-13-6-2-3-7-16-13/h2-3,6-7,12H,4-5,8-11H2,1H3,(H,17,19). The lowest BCUT2D eigenvalue weighted by Crippen LogP contribution is -2.41. The first-order chi connectivity index (χ1) is 9.65. The molecule has 0 aliphatic carbocycles. The van der Waals surface area contributed by atoms with Gasteiger partial charge in [0.05, 0.1) is 12.2 Å². The number of carbonyl (C=O) groups excluding carboxylic acids is 2. The smallest absolute Gasteiger partial charge is 0.232 e. The van der Waals surface area contributed by atoms with Crippen molar-refractivity contribution >= 4 is 11.8 Å². The highest BCUT2D eigenvalue weighted by atomic mass is 16.2. The summed E-state index contributed by atoms with van der Waals surface area (Å²) >= 11 is 0. The second kappa shape index (κ2) is 7.03. The van der Waals surface area contributed by atoms with E-state index in [1.165, 1.54) is 0 Å². The van der Waals surface area contributed by atoms with Crippen LogP contribution < -0.4 is 5.32 Å². The van der Waals surface area contributed by atoms with E-state index in [1.54, 1.807) is 11.1 Å². The van der Waals surface area contributed by atoms with Crippen molar-refractivity contribution in [3.8, 4) is 0 Å². The molecule has 0 radical (unpaired) electrons. The van der Waals surface area contributed by atoms with Gasteiger partial charge in [-0.2, -0.15) is 0 Å². The molecule has 1 N–H and O–H groups in total. The molecule has 5 heteroatoms. The number of nitrogens with zero attached hydrogens (tertiary/aromatic N) is 2. The predicted molar refractivity (Wildman–Crippen MR) is 75.7 cm³/mol. The van der Waals surface area contributed by atoms with E-state index in [0.29, 0.717) is 12.5 Å². The molecule has 1 atom stereocenters. The number of hydrogen-bond donors (Lipinski definition) is 1. The maximum absolute atomic E-state index is 12.0. The van der Waals surface area contributed by atoms with Crippen LogP contribution in [0.2, 0.25) is 0 Å². The van der Waals surface area contributed by atoms with E-state index < -0.39 is 0 Å². The molecule has 1 fully saturated rings. The lowest BCUT2D eigenvalue weighted by Gasteiger charge is -2.30. The molecule has 0 saturated carbocycles. The van der Waals surface area contributed by atoms with Crippen molar-refractivity contribution in [2.45, 2.75) is 32.7 Å². The third kappa shape index (κ3) is 4.33. The number of likely N-dealkylation sites (tertiary alicyclic amines) is 1. The van der Waals surface area contributed by atoms with Crippen molar-refractivity contribution in [3.63, 3.8) is 0 Å². The average Bonchev–Trinajstić information content (AvgIpc) is 2.46. The Labute approximate surface area is 119 Å². The summed E-state index contributed by atoms with van der Waals surface area (Å²) in [6.07, 6.45) is 3.80. The van der Waals surface area contributed by atoms with Crippen LogP contribution in [-0.2, 0) is 16.1 Å². The Hall–Kier alpha value is -1.91. The van der Waals surface area contributed by atoms with Crippen LogP contribution in [0.5, 0.6) is 0 Å². The summed E-state index contributed by atoms with van der Waals surface area (Å²) < 4.78 is 0. The SMILES string of the molecule is CC1CCCN(C(=O)CC(=O)NCc2ccccn2)C1. The number of amides is 2. The number of nitrogens with one attached hydrogen (secondary N) is 1. The molecule has 1 aromatic rings. The van der Waals surface area contributed by atoms with Gasteiger partial charge in [-0.1, -0.05) is 13.0 Å². The molecule has 1 aliphatic rings. The van der Waals surface area contributed by atoms with Gasteiger partial charge in [-0.25, -0.2) is 0 Å². The molecule has 5 nitrogen and oxygen atoms in total. The maximum Gasteiger partial charge on any atom is 0.232 e. The van der Waals surface area contributed by atoms with Crippen LogP contribution in [0.1, 0.15) is 31.9 Å². The summed E-state index contributed by atoms with van der Waals surface area (Å²) in [5, 5.41) is 2.73. The summed E-state index contributed by atoms with van der Waals surface area (Å²) in [6.45, 7) is 4.05. The van der Waals surface area contributed by atoms with Crippen molar-refractivity contribution < 1.29 is 9.59 Å². The highest BCUT2D eigenvalue weighted by Crippen LogP contribution is 2.16. The zero-order valence-corrected chi connectivity index (χ0v) is 11.8. The second-order valence-electron chi connectivity index (χ2n) is 5.36. The first-order valence-electron chi connectivity index (χ1n) is 7.09. The molecule has 1 aromatic heterocycles. The van der Waals surface area contributed by atoms with Gasteiger partial charge in [0.15, 0.2) is 0 Å². The predicted octanol–water partition coefficient (Wildman–Crippen LogP) is 1.35. The molecule has 1 aliphatic heterocycles. The van der Waals surface area contributed by atoms with Crippen molar-refractivity contribution in [1.29, 1.82) is 0 Å². The quantitative estimate of drug-likeness (QED) is 0.844. The maximum atomic E-state index is 12.0. The highest BCUT2D eigenvalue weighted by molar-refractivity contribution is 5.96. The molecule has 2 heterocycles. The van der Waals surface area contributed by atoms with Crippen LogP contribution in [0.15, 0.2) is 24.4 Å². The minimum atomic E-state index is -0.237. The summed E-state index contributed by atoms with van der Waals surface area (Å²) in [5.74, 6) is 0.221. The zero-order chi connectivity index (χ0) is 14.4. The van der Waals surface area contributed by atoms with E-state index in [4.69, 9.17) is 0 Å². The van der Waals surface area contributed by atoms with Crippen molar-refractivity contribution in [2.75, 3.05) is 13.1 Å². The number of hydrogen-bond acceptors (Lipinski definition) is 3. The first kappa shape index (κ1) is 14.5. The van der Waals surface area contributed by atoms with Crippen LogP contribution in [-0.4, -0.2) is 34.8 Å². The number of piperidine rings is 1. The summed E-state index contributed by atoms with van der Waals surface area (Å²) in [4.78, 5) is 29.7. The number of rotatable bonds is 4. The fourth-order valence-electron chi connectivity index (χ4n) is 2.42. The van der Waals surface area contributed by atoms with Crippen LogP contribution in [0.3, 0.4) is 0 Å². The van der Waals surface area contributed by atoms with Gasteiger partial charge in [-0.05, 0) is 30.9 Å². The Morgan fingerprint density at radius 3 is 3.00 bits per heavy atom. The van der Waals surface area contributed by atoms with Gasteiger partial charge >= 0.3 is 0 Å². The molecular formula is C15H21N3O2. The Morgan fingerprint density at radius 1 is 1.45 bits per heavy atom. The van der Waals surface area contributed by atoms with E-state index in [1.807, 2.05) is 18.2 Å². The summed E-state index contributed by atoms with van der Waals surface area (Å²) in [7, 11) is 0. The molecule has 0 bridgehead atoms. The topological polar surface area (TPSA) is 62.3 Å². The van der Waals surface area contributed by atoms with E-state index in [-0.39, 0.29) is 18.2 Å². The molecule has 108 valence electrons. The molecule has 1 saturated heterocycles. The molecule has 2 amide bonds. The number of aromatic nitrogens is 1. The van der Waals surface area contributed by atoms with Gasteiger partial charge in [0.2, 0.25) is 11.8 Å². The van der Waals surface area contributed by atoms with Crippen LogP contribution in [0.4, 0.5) is 0 Å². The van der Waals surface area contributed by atoms with E-state index in [2.05, 4.69) is 17.2 Å². The Bertz CT molecular complexity index is 461. The van der Waals surface area contributed by atoms with Crippen molar-refractivity contribution in [2.24, 2.45) is 5.92 Å². The lowest BCUT2D eigenvalue weighted by atomic mass is 10.00. The highest BCUT2D eigenvalue weighted by Gasteiger charge is 2.22. The minimum Gasteiger partial charge on any atom is -0.350 e. The van der Waals surface area contributed by atoms with Gasteiger partial charge in [-0.3, -0.25) is 14.6 Å². The lowest BCUT2D eigenvalue weighted by molar-refractivity contribution is -0.137. The molecule has 20 heavy (non-hydrogen) atoms. The van der Waals surface area contributed by atoms with E-state index >= 15 is 0 Å². The van der Waals surface area contributed by atoms with E-state index in [0.717, 1.165) is 31.6 Å². The first-order valence-corrected chi connectivity index (χ1v) is 7.09. The average molecular weight is 275 g/mol. The van der Waals surface area contributed by atoms with Crippen LogP contribution in [0.25, 0.3) is 0 Å². The van der Waals surface area contributed by atoms with Crippen molar-refractivity contribution in [3.05, 3.63) is 30.1 Å². The summed E-state index contributed by atoms with van der Waals surface area (Å²) in [5.41, 5.74) is 0.792. The molecular weight excluding hydrogens is 254 g/mol. The number of carbonyl (C=O) groups is 2. The molecule has 1 unspecified atom stereocenters. The Kier molecular flexibility index (Phi) is 5.09. The monoisotopic (exact) mass is 275 g/mol. The van der Waals surface area contributed by atoms with E-state index in [9.17, 15) is 9.59 Å². The van der Waals surface area contributed by atoms with Gasteiger partial charge in [-0.15, -0.1) is 0 Å². The Balaban J connectivity index is 1.75. The molecule has 2 rings (SSSR count). The van der Waals surface area contributed by atoms with Crippen LogP contribution >= 0.6 is 0 Å². The normalized spacial score (nSPS) is 18.6. The minimum absolute atomic E-state index is 0.0699. The van der Waals surface area contributed by atoms with Gasteiger partial charge in [0.25, 0.3) is 0 Å². The summed E-state index contributed by atoms with van der Waals surface area (Å²) in [6, 6.07) is 5.54. The van der Waals surface area contributed by atoms with Crippen LogP contribution in [0, 0.1) is 5.92 Å². The third-order valence-electron chi connectivity index (χ3n) is 3.51. The number of pyridine rings is 1. The van der Waals surface area contributed by atoms with Gasteiger partial charge < -0.3 is 10.2 Å². The largest absolute Gasteiger partial charge is 0.350 e. The van der Waals surface area contributed by atoms with Gasteiger partial charge in [0, 0.05) is 19.3 Å². The second-order valence-corrected chi connectivity index (χ2v) is 5.36.